The molecule has 0 fully saturated rings. The number of hydrogen-bond acceptors (Lipinski definition) is 3. The van der Waals surface area contributed by atoms with Gasteiger partial charge in [-0.2, -0.15) is 0 Å². The Hall–Kier alpha value is -1.65. The largest absolute Gasteiger partial charge is 0.348 e. The summed E-state index contributed by atoms with van der Waals surface area (Å²) in [7, 11) is 0. The van der Waals surface area contributed by atoms with Crippen LogP contribution in [0.25, 0.3) is 0 Å². The number of hydrogen-bond donors (Lipinski definition) is 1. The van der Waals surface area contributed by atoms with E-state index in [0.717, 1.165) is 25.1 Å². The average Bonchev–Trinajstić information content (AvgIpc) is 2.95. The first-order chi connectivity index (χ1) is 10.2. The lowest BCUT2D eigenvalue weighted by Gasteiger charge is -2.26. The lowest BCUT2D eigenvalue weighted by atomic mass is 10.1. The molecule has 2 aromatic rings. The molecule has 1 atom stereocenters. The van der Waals surface area contributed by atoms with Crippen molar-refractivity contribution in [2.45, 2.75) is 25.9 Å². The molecule has 0 aliphatic carbocycles. The normalized spacial score (nSPS) is 16.2. The van der Waals surface area contributed by atoms with E-state index in [1.54, 1.807) is 0 Å². The van der Waals surface area contributed by atoms with Gasteiger partial charge in [0.25, 0.3) is 0 Å². The SMILES string of the molecule is CC(NC(=O)CN1CCc2sccc2C1)c1ccccc1. The highest BCUT2D eigenvalue weighted by molar-refractivity contribution is 7.10. The molecule has 1 unspecified atom stereocenters. The Morgan fingerprint density at radius 1 is 1.33 bits per heavy atom. The summed E-state index contributed by atoms with van der Waals surface area (Å²) in [5.74, 6) is 0.102. The summed E-state index contributed by atoms with van der Waals surface area (Å²) in [6.07, 6.45) is 1.06. The van der Waals surface area contributed by atoms with Crippen LogP contribution in [0.5, 0.6) is 0 Å². The molecule has 3 nitrogen and oxygen atoms in total. The fourth-order valence-corrected chi connectivity index (χ4v) is 3.65. The predicted molar refractivity (Wildman–Crippen MR) is 86.3 cm³/mol. The smallest absolute Gasteiger partial charge is 0.234 e. The zero-order chi connectivity index (χ0) is 14.7. The summed E-state index contributed by atoms with van der Waals surface area (Å²) in [5, 5.41) is 5.23. The third-order valence-corrected chi connectivity index (χ3v) is 4.95. The first-order valence-corrected chi connectivity index (χ1v) is 8.22. The van der Waals surface area contributed by atoms with Gasteiger partial charge in [0.1, 0.15) is 0 Å². The first-order valence-electron chi connectivity index (χ1n) is 7.34. The van der Waals surface area contributed by atoms with E-state index < -0.39 is 0 Å². The molecule has 0 saturated carbocycles. The minimum absolute atomic E-state index is 0.0557. The second-order valence-electron chi connectivity index (χ2n) is 5.53. The van der Waals surface area contributed by atoms with Gasteiger partial charge in [-0.25, -0.2) is 0 Å². The van der Waals surface area contributed by atoms with E-state index in [2.05, 4.69) is 21.7 Å². The van der Waals surface area contributed by atoms with Gasteiger partial charge >= 0.3 is 0 Å². The molecule has 21 heavy (non-hydrogen) atoms. The van der Waals surface area contributed by atoms with Crippen molar-refractivity contribution in [2.75, 3.05) is 13.1 Å². The van der Waals surface area contributed by atoms with Crippen LogP contribution in [-0.4, -0.2) is 23.9 Å². The van der Waals surface area contributed by atoms with Crippen molar-refractivity contribution in [2.24, 2.45) is 0 Å². The van der Waals surface area contributed by atoms with Gasteiger partial charge in [0, 0.05) is 18.0 Å². The number of benzene rings is 1. The number of thiophene rings is 1. The van der Waals surface area contributed by atoms with Crippen LogP contribution in [0.2, 0.25) is 0 Å². The average molecular weight is 300 g/mol. The van der Waals surface area contributed by atoms with E-state index in [9.17, 15) is 4.79 Å². The van der Waals surface area contributed by atoms with Crippen LogP contribution in [0, 0.1) is 0 Å². The van der Waals surface area contributed by atoms with Crippen LogP contribution in [-0.2, 0) is 17.8 Å². The number of rotatable bonds is 4. The van der Waals surface area contributed by atoms with Crippen molar-refractivity contribution in [1.82, 2.24) is 10.2 Å². The molecular formula is C17H20N2OS. The van der Waals surface area contributed by atoms with E-state index in [1.807, 2.05) is 48.6 Å². The molecule has 1 aromatic heterocycles. The molecule has 0 spiro atoms. The van der Waals surface area contributed by atoms with Crippen LogP contribution >= 0.6 is 11.3 Å². The molecular weight excluding hydrogens is 280 g/mol. The predicted octanol–water partition coefficient (Wildman–Crippen LogP) is 2.98. The zero-order valence-electron chi connectivity index (χ0n) is 12.2. The zero-order valence-corrected chi connectivity index (χ0v) is 13.0. The number of carbonyl (C=O) groups is 1. The van der Waals surface area contributed by atoms with Crippen molar-refractivity contribution in [1.29, 1.82) is 0 Å². The number of carbonyl (C=O) groups excluding carboxylic acids is 1. The minimum Gasteiger partial charge on any atom is -0.348 e. The van der Waals surface area contributed by atoms with Gasteiger partial charge < -0.3 is 5.32 Å². The Morgan fingerprint density at radius 2 is 2.14 bits per heavy atom. The molecule has 3 rings (SSSR count). The molecule has 1 N–H and O–H groups in total. The molecule has 1 amide bonds. The highest BCUT2D eigenvalue weighted by Gasteiger charge is 2.19. The van der Waals surface area contributed by atoms with E-state index in [1.165, 1.54) is 10.4 Å². The second-order valence-corrected chi connectivity index (χ2v) is 6.53. The van der Waals surface area contributed by atoms with E-state index in [4.69, 9.17) is 0 Å². The molecule has 1 aliphatic heterocycles. The van der Waals surface area contributed by atoms with Crippen LogP contribution in [0.15, 0.2) is 41.8 Å². The Balaban J connectivity index is 1.53. The number of fused-ring (bicyclic) bond motifs is 1. The van der Waals surface area contributed by atoms with E-state index >= 15 is 0 Å². The lowest BCUT2D eigenvalue weighted by molar-refractivity contribution is -0.123. The highest BCUT2D eigenvalue weighted by Crippen LogP contribution is 2.23. The fraction of sp³-hybridized carbons (Fsp3) is 0.353. The molecule has 0 saturated heterocycles. The topological polar surface area (TPSA) is 32.3 Å². The first kappa shape index (κ1) is 14.3. The van der Waals surface area contributed by atoms with E-state index in [-0.39, 0.29) is 11.9 Å². The summed E-state index contributed by atoms with van der Waals surface area (Å²) in [4.78, 5) is 15.9. The van der Waals surface area contributed by atoms with Crippen molar-refractivity contribution in [3.63, 3.8) is 0 Å². The number of amides is 1. The molecule has 1 aliphatic rings. The molecule has 0 bridgehead atoms. The van der Waals surface area contributed by atoms with Crippen LogP contribution in [0.3, 0.4) is 0 Å². The third kappa shape index (κ3) is 3.52. The Morgan fingerprint density at radius 3 is 2.95 bits per heavy atom. The van der Waals surface area contributed by atoms with Crippen molar-refractivity contribution in [3.05, 3.63) is 57.8 Å². The summed E-state index contributed by atoms with van der Waals surface area (Å²) >= 11 is 1.83. The monoisotopic (exact) mass is 300 g/mol. The maximum absolute atomic E-state index is 12.2. The summed E-state index contributed by atoms with van der Waals surface area (Å²) in [6.45, 7) is 4.37. The van der Waals surface area contributed by atoms with Crippen molar-refractivity contribution < 1.29 is 4.79 Å². The Kier molecular flexibility index (Phi) is 4.36. The molecule has 110 valence electrons. The molecule has 4 heteroatoms. The van der Waals surface area contributed by atoms with Gasteiger partial charge in [-0.3, -0.25) is 9.69 Å². The van der Waals surface area contributed by atoms with Crippen molar-refractivity contribution in [3.8, 4) is 0 Å². The number of nitrogens with zero attached hydrogens (tertiary/aromatic N) is 1. The molecule has 0 radical (unpaired) electrons. The van der Waals surface area contributed by atoms with Crippen LogP contribution < -0.4 is 5.32 Å². The lowest BCUT2D eigenvalue weighted by Crippen LogP contribution is -2.40. The minimum atomic E-state index is 0.0557. The van der Waals surface area contributed by atoms with Gasteiger partial charge in [0.15, 0.2) is 0 Å². The van der Waals surface area contributed by atoms with Crippen LogP contribution in [0.4, 0.5) is 0 Å². The summed E-state index contributed by atoms with van der Waals surface area (Å²) < 4.78 is 0. The van der Waals surface area contributed by atoms with Gasteiger partial charge in [-0.05, 0) is 35.9 Å². The quantitative estimate of drug-likeness (QED) is 0.941. The van der Waals surface area contributed by atoms with E-state index in [0.29, 0.717) is 6.54 Å². The summed E-state index contributed by atoms with van der Waals surface area (Å²) in [6, 6.07) is 12.3. The maximum atomic E-state index is 12.2. The fourth-order valence-electron chi connectivity index (χ4n) is 2.76. The highest BCUT2D eigenvalue weighted by atomic mass is 32.1. The van der Waals surface area contributed by atoms with Crippen molar-refractivity contribution >= 4 is 17.2 Å². The third-order valence-electron chi connectivity index (χ3n) is 3.93. The van der Waals surface area contributed by atoms with Gasteiger partial charge in [0.05, 0.1) is 12.6 Å². The van der Waals surface area contributed by atoms with Gasteiger partial charge in [0.2, 0.25) is 5.91 Å². The molecule has 2 heterocycles. The standard InChI is InChI=1S/C17H20N2OS/c1-13(14-5-3-2-4-6-14)18-17(20)12-19-9-7-16-15(11-19)8-10-21-16/h2-6,8,10,13H,7,9,11-12H2,1H3,(H,18,20). The molecule has 1 aromatic carbocycles. The number of nitrogens with one attached hydrogen (secondary N) is 1. The van der Waals surface area contributed by atoms with Gasteiger partial charge in [-0.1, -0.05) is 30.3 Å². The maximum Gasteiger partial charge on any atom is 0.234 e. The Bertz CT molecular complexity index is 608. The summed E-state index contributed by atoms with van der Waals surface area (Å²) in [5.41, 5.74) is 2.53. The van der Waals surface area contributed by atoms with Gasteiger partial charge in [-0.15, -0.1) is 11.3 Å². The van der Waals surface area contributed by atoms with Crippen LogP contribution in [0.1, 0.15) is 29.0 Å². The second kappa shape index (κ2) is 6.41. The Labute approximate surface area is 129 Å².